The summed E-state index contributed by atoms with van der Waals surface area (Å²) in [5.41, 5.74) is 24.9. The summed E-state index contributed by atoms with van der Waals surface area (Å²) in [7, 11) is 0. The van der Waals surface area contributed by atoms with Crippen molar-refractivity contribution in [1.82, 2.24) is 0 Å². The highest BCUT2D eigenvalue weighted by Crippen LogP contribution is 2.60. The Morgan fingerprint density at radius 2 is 0.909 bits per heavy atom. The van der Waals surface area contributed by atoms with E-state index >= 15 is 0 Å². The molecule has 4 aromatic carbocycles. The van der Waals surface area contributed by atoms with Gasteiger partial charge in [-0.1, -0.05) is 115 Å². The molecule has 13 rings (SSSR count). The third-order valence-electron chi connectivity index (χ3n) is 20.1. The van der Waals surface area contributed by atoms with E-state index in [0.717, 1.165) is 18.7 Å². The zero-order chi connectivity index (χ0) is 46.8. The molecule has 0 amide bonds. The number of aryl methyl sites for hydroxylation is 2. The SMILES string of the molecule is Cc1cc2c3c(c1)N(c1cc4c(cc1C)C(C)(C)CCC4(C)C)c1oc4c(c1B3c1cc3c(cc1N2c1ccc2c(c1)C(C)(C)CCC2(C)C)C1(C)CCC3(C)CC1)C(C)(C)CCC4(C)C. The number of anilines is 6. The Bertz CT molecular complexity index is 2960. The minimum Gasteiger partial charge on any atom is -0.444 e. The summed E-state index contributed by atoms with van der Waals surface area (Å²) >= 11 is 0. The summed E-state index contributed by atoms with van der Waals surface area (Å²) in [6.07, 6.45) is 12.1. The van der Waals surface area contributed by atoms with Crippen molar-refractivity contribution in [2.24, 2.45) is 0 Å². The van der Waals surface area contributed by atoms with Crippen LogP contribution < -0.4 is 26.2 Å². The van der Waals surface area contributed by atoms with Crippen LogP contribution in [0.5, 0.6) is 0 Å². The van der Waals surface area contributed by atoms with E-state index in [4.69, 9.17) is 4.42 Å². The van der Waals surface area contributed by atoms with E-state index in [1.54, 1.807) is 11.1 Å². The molecule has 66 heavy (non-hydrogen) atoms. The van der Waals surface area contributed by atoms with E-state index in [1.165, 1.54) is 141 Å². The third kappa shape index (κ3) is 5.63. The van der Waals surface area contributed by atoms with Gasteiger partial charge in [0.15, 0.2) is 5.88 Å². The molecule has 6 aliphatic carbocycles. The van der Waals surface area contributed by atoms with Gasteiger partial charge in [0.1, 0.15) is 5.76 Å². The van der Waals surface area contributed by atoms with Gasteiger partial charge < -0.3 is 9.32 Å². The normalized spacial score (nSPS) is 26.9. The molecule has 344 valence electrons. The molecule has 1 aromatic heterocycles. The molecule has 8 aliphatic rings. The second-order valence-corrected chi connectivity index (χ2v) is 27.6. The van der Waals surface area contributed by atoms with Gasteiger partial charge in [0, 0.05) is 28.2 Å². The Morgan fingerprint density at radius 3 is 1.52 bits per heavy atom. The fourth-order valence-electron chi connectivity index (χ4n) is 15.1. The van der Waals surface area contributed by atoms with Crippen molar-refractivity contribution in [2.45, 2.75) is 218 Å². The maximum atomic E-state index is 7.77. The van der Waals surface area contributed by atoms with E-state index in [0.29, 0.717) is 0 Å². The summed E-state index contributed by atoms with van der Waals surface area (Å²) < 4.78 is 7.77. The average Bonchev–Trinajstić information content (AvgIpc) is 3.67. The first kappa shape index (κ1) is 43.1. The highest BCUT2D eigenvalue weighted by atomic mass is 16.4. The number of rotatable bonds is 2. The van der Waals surface area contributed by atoms with Crippen LogP contribution in [-0.2, 0) is 43.3 Å². The highest BCUT2D eigenvalue weighted by Gasteiger charge is 2.55. The average molecular weight is 877 g/mol. The number of fused-ring (bicyclic) bond motifs is 10. The van der Waals surface area contributed by atoms with Gasteiger partial charge in [-0.05, 0) is 219 Å². The van der Waals surface area contributed by atoms with E-state index in [1.807, 2.05) is 0 Å². The molecule has 0 radical (unpaired) electrons. The van der Waals surface area contributed by atoms with E-state index in [9.17, 15) is 0 Å². The Kier molecular flexibility index (Phi) is 8.44. The molecule has 1 fully saturated rings. The number of benzene rings is 4. The maximum Gasteiger partial charge on any atom is 0.256 e. The van der Waals surface area contributed by atoms with Crippen molar-refractivity contribution in [3.05, 3.63) is 110 Å². The van der Waals surface area contributed by atoms with E-state index in [2.05, 4.69) is 175 Å². The lowest BCUT2D eigenvalue weighted by Gasteiger charge is -2.53. The lowest BCUT2D eigenvalue weighted by atomic mass is 9.32. The molecular weight excluding hydrogens is 800 g/mol. The first-order chi connectivity index (χ1) is 30.7. The molecule has 2 aliphatic heterocycles. The first-order valence-electron chi connectivity index (χ1n) is 26.1. The van der Waals surface area contributed by atoms with Gasteiger partial charge in [0.25, 0.3) is 6.71 Å². The third-order valence-corrected chi connectivity index (χ3v) is 20.1. The minimum absolute atomic E-state index is 0.0391. The minimum atomic E-state index is -0.0833. The van der Waals surface area contributed by atoms with Crippen LogP contribution in [0.1, 0.15) is 217 Å². The number of hydrogen-bond donors (Lipinski definition) is 0. The zero-order valence-corrected chi connectivity index (χ0v) is 43.6. The van der Waals surface area contributed by atoms with Crippen molar-refractivity contribution in [2.75, 3.05) is 9.80 Å². The second-order valence-electron chi connectivity index (χ2n) is 27.6. The molecule has 0 saturated heterocycles. The molecule has 5 aromatic rings. The fourth-order valence-corrected chi connectivity index (χ4v) is 15.1. The molecule has 0 spiro atoms. The molecule has 0 N–H and O–H groups in total. The van der Waals surface area contributed by atoms with Crippen molar-refractivity contribution in [3.8, 4) is 0 Å². The summed E-state index contributed by atoms with van der Waals surface area (Å²) in [4.78, 5) is 5.39. The lowest BCUT2D eigenvalue weighted by molar-refractivity contribution is 0.188. The van der Waals surface area contributed by atoms with Crippen LogP contribution in [0.4, 0.5) is 34.3 Å². The van der Waals surface area contributed by atoms with Gasteiger partial charge in [-0.3, -0.25) is 4.90 Å². The number of hydrogen-bond acceptors (Lipinski definition) is 3. The summed E-state index contributed by atoms with van der Waals surface area (Å²) in [5, 5.41) is 0. The largest absolute Gasteiger partial charge is 0.444 e. The smallest absolute Gasteiger partial charge is 0.256 e. The standard InChI is InChI=1S/C62H77BN2O/c1-36-29-48-51-49(30-36)65(46-34-42-40(31-37(46)2)56(5,6)21-22-58(42,9)10)54-52(50-53(66-54)60(13,14)24-23-59(50,11)12)63(51)45-33-43-44(62(16)27-25-61(43,15)26-28-62)35-47(45)64(48)38-17-18-39-41(32-38)57(7,8)20-19-55(39,3)4/h17-18,29-35H,19-28H2,1-16H3. The first-order valence-corrected chi connectivity index (χ1v) is 26.1. The van der Waals surface area contributed by atoms with Crippen molar-refractivity contribution >= 4 is 57.4 Å². The van der Waals surface area contributed by atoms with Gasteiger partial charge in [-0.2, -0.15) is 0 Å². The molecule has 0 unspecified atom stereocenters. The quantitative estimate of drug-likeness (QED) is 0.161. The Labute approximate surface area is 398 Å². The monoisotopic (exact) mass is 877 g/mol. The summed E-state index contributed by atoms with van der Waals surface area (Å²) in [5.74, 6) is 2.26. The van der Waals surface area contributed by atoms with E-state index < -0.39 is 0 Å². The van der Waals surface area contributed by atoms with Crippen molar-refractivity contribution in [1.29, 1.82) is 0 Å². The van der Waals surface area contributed by atoms with Crippen molar-refractivity contribution < 1.29 is 4.42 Å². The molecule has 3 nitrogen and oxygen atoms in total. The molecular formula is C62H77BN2O. The van der Waals surface area contributed by atoms with Gasteiger partial charge in [0.05, 0.1) is 5.69 Å². The van der Waals surface area contributed by atoms with Gasteiger partial charge >= 0.3 is 0 Å². The lowest BCUT2D eigenvalue weighted by Crippen LogP contribution is -2.63. The Hall–Kier alpha value is -4.18. The fraction of sp³-hybridized carbons (Fsp3) is 0.548. The van der Waals surface area contributed by atoms with Crippen LogP contribution in [0.15, 0.2) is 59.0 Å². The van der Waals surface area contributed by atoms with Crippen LogP contribution in [0.3, 0.4) is 0 Å². The predicted molar refractivity (Wildman–Crippen MR) is 281 cm³/mol. The van der Waals surface area contributed by atoms with Crippen LogP contribution >= 0.6 is 0 Å². The van der Waals surface area contributed by atoms with Gasteiger partial charge in [-0.25, -0.2) is 0 Å². The van der Waals surface area contributed by atoms with E-state index in [-0.39, 0.29) is 50.0 Å². The van der Waals surface area contributed by atoms with Crippen LogP contribution in [0, 0.1) is 13.8 Å². The zero-order valence-electron chi connectivity index (χ0n) is 43.6. The second kappa shape index (κ2) is 12.9. The maximum absolute atomic E-state index is 7.77. The molecule has 4 heteroatoms. The number of nitrogens with zero attached hydrogens (tertiary/aromatic N) is 2. The topological polar surface area (TPSA) is 19.6 Å². The molecule has 1 saturated carbocycles. The summed E-state index contributed by atoms with van der Waals surface area (Å²) in [6, 6.07) is 23.4. The Morgan fingerprint density at radius 1 is 0.424 bits per heavy atom. The highest BCUT2D eigenvalue weighted by molar-refractivity contribution is 7.00. The van der Waals surface area contributed by atoms with Crippen LogP contribution in [0.2, 0.25) is 0 Å². The van der Waals surface area contributed by atoms with Crippen LogP contribution in [-0.4, -0.2) is 6.71 Å². The molecule has 2 bridgehead atoms. The predicted octanol–water partition coefficient (Wildman–Crippen LogP) is 15.1. The molecule has 0 atom stereocenters. The molecule has 3 heterocycles. The van der Waals surface area contributed by atoms with Crippen LogP contribution in [0.25, 0.3) is 0 Å². The van der Waals surface area contributed by atoms with Gasteiger partial charge in [0.2, 0.25) is 0 Å². The number of furan rings is 1. The Balaban J connectivity index is 1.22. The van der Waals surface area contributed by atoms with Crippen molar-refractivity contribution in [3.63, 3.8) is 0 Å². The van der Waals surface area contributed by atoms with Gasteiger partial charge in [-0.15, -0.1) is 0 Å². The summed E-state index contributed by atoms with van der Waals surface area (Å²) in [6.45, 7) is 39.6.